The van der Waals surface area contributed by atoms with Crippen LogP contribution in [0.25, 0.3) is 6.08 Å². The molecule has 2 aliphatic heterocycles. The van der Waals surface area contributed by atoms with Crippen molar-refractivity contribution < 1.29 is 27.4 Å². The predicted octanol–water partition coefficient (Wildman–Crippen LogP) is 4.32. The molecule has 2 aromatic carbocycles. The summed E-state index contributed by atoms with van der Waals surface area (Å²) in [6.07, 6.45) is 4.45. The van der Waals surface area contributed by atoms with Crippen LogP contribution >= 0.6 is 0 Å². The Labute approximate surface area is 198 Å². The summed E-state index contributed by atoms with van der Waals surface area (Å²) in [5.74, 6) is -0.913. The van der Waals surface area contributed by atoms with Gasteiger partial charge in [0.1, 0.15) is 17.1 Å². The fourth-order valence-corrected chi connectivity index (χ4v) is 6.25. The summed E-state index contributed by atoms with van der Waals surface area (Å²) in [6.45, 7) is 5.06. The van der Waals surface area contributed by atoms with Crippen molar-refractivity contribution in [2.45, 2.75) is 37.0 Å². The first-order valence-corrected chi connectivity index (χ1v) is 13.0. The molecule has 0 aromatic heterocycles. The Kier molecular flexibility index (Phi) is 5.85. The van der Waals surface area contributed by atoms with Gasteiger partial charge in [-0.25, -0.2) is 17.6 Å². The molecule has 3 aliphatic rings. The standard InChI is InChI=1S/C25H27FN2O5S/c1-2-28-9-3-4-15(13-28)10-16-11-18(26)5-8-22(16)34(31,32)27-21-7-6-19-20-12-17(20)14-33-24(19)23(21)25(29)30/h5-8,10-11,17,20,27H,2-4,9,12-14H2,1H3,(H,29,30)/t17-,20-/m0/s1. The van der Waals surface area contributed by atoms with Crippen molar-refractivity contribution in [2.75, 3.05) is 31.0 Å². The van der Waals surface area contributed by atoms with E-state index in [1.165, 1.54) is 18.2 Å². The number of likely N-dealkylation sites (N-methyl/N-ethyl adjacent to an activating group) is 1. The summed E-state index contributed by atoms with van der Waals surface area (Å²) in [5.41, 5.74) is 1.82. The van der Waals surface area contributed by atoms with Gasteiger partial charge in [-0.1, -0.05) is 24.6 Å². The van der Waals surface area contributed by atoms with Gasteiger partial charge >= 0.3 is 5.97 Å². The number of carbonyl (C=O) groups is 1. The van der Waals surface area contributed by atoms with Crippen molar-refractivity contribution in [3.8, 4) is 5.75 Å². The normalized spacial score (nSPS) is 23.1. The molecule has 2 fully saturated rings. The molecule has 0 radical (unpaired) electrons. The molecule has 1 saturated carbocycles. The van der Waals surface area contributed by atoms with Crippen LogP contribution in [0.5, 0.6) is 5.75 Å². The lowest BCUT2D eigenvalue weighted by atomic mass is 10.0. The van der Waals surface area contributed by atoms with Crippen LogP contribution in [-0.2, 0) is 10.0 Å². The lowest BCUT2D eigenvalue weighted by Gasteiger charge is -2.27. The topological polar surface area (TPSA) is 95.9 Å². The van der Waals surface area contributed by atoms with Gasteiger partial charge in [-0.05, 0) is 73.7 Å². The van der Waals surface area contributed by atoms with Crippen LogP contribution in [-0.4, -0.2) is 50.6 Å². The van der Waals surface area contributed by atoms with Crippen molar-refractivity contribution in [1.82, 2.24) is 4.90 Å². The molecule has 0 amide bonds. The highest BCUT2D eigenvalue weighted by Crippen LogP contribution is 2.55. The van der Waals surface area contributed by atoms with E-state index in [-0.39, 0.29) is 33.4 Å². The fourth-order valence-electron chi connectivity index (χ4n) is 5.01. The molecule has 1 saturated heterocycles. The lowest BCUT2D eigenvalue weighted by molar-refractivity contribution is 0.0692. The first-order valence-electron chi connectivity index (χ1n) is 11.5. The van der Waals surface area contributed by atoms with Gasteiger partial charge in [-0.2, -0.15) is 0 Å². The summed E-state index contributed by atoms with van der Waals surface area (Å²) >= 11 is 0. The third-order valence-electron chi connectivity index (χ3n) is 6.88. The number of halogens is 1. The zero-order chi connectivity index (χ0) is 24.0. The number of carboxylic acids is 1. The Morgan fingerprint density at radius 2 is 2.15 bits per heavy atom. The molecule has 1 aliphatic carbocycles. The lowest BCUT2D eigenvalue weighted by Crippen LogP contribution is -2.30. The quantitative estimate of drug-likeness (QED) is 0.631. The predicted molar refractivity (Wildman–Crippen MR) is 126 cm³/mol. The average molecular weight is 487 g/mol. The molecule has 2 atom stereocenters. The first-order chi connectivity index (χ1) is 16.3. The third-order valence-corrected chi connectivity index (χ3v) is 8.32. The van der Waals surface area contributed by atoms with E-state index in [0.717, 1.165) is 49.6 Å². The van der Waals surface area contributed by atoms with Crippen LogP contribution in [0, 0.1) is 11.7 Å². The van der Waals surface area contributed by atoms with E-state index >= 15 is 0 Å². The zero-order valence-corrected chi connectivity index (χ0v) is 19.7. The van der Waals surface area contributed by atoms with Crippen LogP contribution in [0.4, 0.5) is 10.1 Å². The van der Waals surface area contributed by atoms with Gasteiger partial charge < -0.3 is 9.84 Å². The number of nitrogens with one attached hydrogen (secondary N) is 1. The fraction of sp³-hybridized carbons (Fsp3) is 0.400. The van der Waals surface area contributed by atoms with Gasteiger partial charge in [0.15, 0.2) is 0 Å². The minimum atomic E-state index is -4.21. The molecule has 9 heteroatoms. The summed E-state index contributed by atoms with van der Waals surface area (Å²) in [7, 11) is -4.21. The summed E-state index contributed by atoms with van der Waals surface area (Å²) in [6, 6.07) is 6.73. The van der Waals surface area contributed by atoms with Crippen LogP contribution < -0.4 is 9.46 Å². The zero-order valence-electron chi connectivity index (χ0n) is 18.9. The first kappa shape index (κ1) is 22.9. The van der Waals surface area contributed by atoms with Gasteiger partial charge in [0, 0.05) is 12.5 Å². The van der Waals surface area contributed by atoms with Crippen molar-refractivity contribution in [3.63, 3.8) is 0 Å². The van der Waals surface area contributed by atoms with Gasteiger partial charge in [-0.3, -0.25) is 9.62 Å². The summed E-state index contributed by atoms with van der Waals surface area (Å²) in [5, 5.41) is 9.87. The van der Waals surface area contributed by atoms with Gasteiger partial charge in [0.05, 0.1) is 17.2 Å². The molecular weight excluding hydrogens is 459 g/mol. The van der Waals surface area contributed by atoms with E-state index < -0.39 is 21.8 Å². The maximum Gasteiger partial charge on any atom is 0.341 e. The van der Waals surface area contributed by atoms with Crippen LogP contribution in [0.15, 0.2) is 40.8 Å². The number of hydrogen-bond donors (Lipinski definition) is 2. The minimum Gasteiger partial charge on any atom is -0.492 e. The molecule has 2 N–H and O–H groups in total. The summed E-state index contributed by atoms with van der Waals surface area (Å²) in [4.78, 5) is 14.2. The Balaban J connectivity index is 1.52. The van der Waals surface area contributed by atoms with E-state index in [9.17, 15) is 22.7 Å². The van der Waals surface area contributed by atoms with Gasteiger partial charge in [-0.15, -0.1) is 0 Å². The Morgan fingerprint density at radius 3 is 2.91 bits per heavy atom. The second kappa shape index (κ2) is 8.70. The number of likely N-dealkylation sites (tertiary alicyclic amines) is 1. The van der Waals surface area contributed by atoms with Crippen LogP contribution in [0.1, 0.15) is 53.6 Å². The molecule has 0 bridgehead atoms. The highest BCUT2D eigenvalue weighted by molar-refractivity contribution is 7.92. The Morgan fingerprint density at radius 1 is 1.32 bits per heavy atom. The number of benzene rings is 2. The molecule has 0 spiro atoms. The average Bonchev–Trinajstić information content (AvgIpc) is 3.58. The smallest absolute Gasteiger partial charge is 0.341 e. The van der Waals surface area contributed by atoms with Crippen molar-refractivity contribution in [1.29, 1.82) is 0 Å². The van der Waals surface area contributed by atoms with Crippen LogP contribution in [0.3, 0.4) is 0 Å². The van der Waals surface area contributed by atoms with E-state index in [1.54, 1.807) is 12.1 Å². The molecule has 7 nitrogen and oxygen atoms in total. The molecule has 5 rings (SSSR count). The maximum atomic E-state index is 14.1. The SMILES string of the molecule is CCN1CCCC(=Cc2cc(F)ccc2S(=O)(=O)Nc2ccc3c(c2C(=O)O)OC[C@@H]2C[C@H]32)C1. The van der Waals surface area contributed by atoms with E-state index in [0.29, 0.717) is 19.1 Å². The van der Waals surface area contributed by atoms with E-state index in [1.807, 2.05) is 0 Å². The largest absolute Gasteiger partial charge is 0.492 e. The monoisotopic (exact) mass is 486 g/mol. The van der Waals surface area contributed by atoms with Crippen LogP contribution in [0.2, 0.25) is 0 Å². The van der Waals surface area contributed by atoms with E-state index in [4.69, 9.17) is 4.74 Å². The number of aromatic carboxylic acids is 1. The third kappa shape index (κ3) is 4.30. The number of ether oxygens (including phenoxy) is 1. The van der Waals surface area contributed by atoms with E-state index in [2.05, 4.69) is 16.5 Å². The number of rotatable bonds is 6. The number of nitrogens with zero attached hydrogens (tertiary/aromatic N) is 1. The second-order valence-corrected chi connectivity index (χ2v) is 10.8. The second-order valence-electron chi connectivity index (χ2n) is 9.19. The van der Waals surface area contributed by atoms with Crippen molar-refractivity contribution in [2.24, 2.45) is 5.92 Å². The highest BCUT2D eigenvalue weighted by Gasteiger charge is 2.45. The number of carboxylic acid groups (broad SMARTS) is 1. The molecule has 0 unspecified atom stereocenters. The number of sulfonamides is 1. The van der Waals surface area contributed by atoms with Gasteiger partial charge in [0.2, 0.25) is 0 Å². The molecule has 2 aromatic rings. The number of piperidine rings is 1. The van der Waals surface area contributed by atoms with Crippen molar-refractivity contribution >= 4 is 27.8 Å². The minimum absolute atomic E-state index is 0.0666. The highest BCUT2D eigenvalue weighted by atomic mass is 32.2. The number of fused-ring (bicyclic) bond motifs is 3. The Hall–Kier alpha value is -2.91. The Bertz CT molecular complexity index is 1290. The summed E-state index contributed by atoms with van der Waals surface area (Å²) < 4.78 is 49.1. The van der Waals surface area contributed by atoms with Crippen molar-refractivity contribution in [3.05, 3.63) is 58.4 Å². The van der Waals surface area contributed by atoms with Gasteiger partial charge in [0.25, 0.3) is 10.0 Å². The molecule has 34 heavy (non-hydrogen) atoms. The molecule has 2 heterocycles. The number of hydrogen-bond acceptors (Lipinski definition) is 5. The number of anilines is 1. The maximum absolute atomic E-state index is 14.1. The molecule has 180 valence electrons. The molecular formula is C25H27FN2O5S.